The Kier molecular flexibility index (Phi) is 14.0. The zero-order chi connectivity index (χ0) is 39.3. The smallest absolute Gasteiger partial charge is 0.251 e. The minimum atomic E-state index is -1.03. The van der Waals surface area contributed by atoms with Crippen LogP contribution in [0.1, 0.15) is 60.5 Å². The summed E-state index contributed by atoms with van der Waals surface area (Å²) in [5.41, 5.74) is 1.92. The van der Waals surface area contributed by atoms with E-state index in [-0.39, 0.29) is 50.8 Å². The average molecular weight is 757 g/mol. The minimum absolute atomic E-state index is 0.0704. The number of amides is 6. The van der Waals surface area contributed by atoms with Crippen LogP contribution in [0, 0.1) is 0 Å². The van der Waals surface area contributed by atoms with Crippen LogP contribution in [0.25, 0.3) is 0 Å². The van der Waals surface area contributed by atoms with Crippen LogP contribution < -0.4 is 40.8 Å². The van der Waals surface area contributed by atoms with Crippen molar-refractivity contribution >= 4 is 35.4 Å². The fourth-order valence-corrected chi connectivity index (χ4v) is 6.33. The van der Waals surface area contributed by atoms with E-state index in [0.29, 0.717) is 59.8 Å². The molecule has 0 saturated carbocycles. The second-order valence-electron chi connectivity index (χ2n) is 13.4. The van der Waals surface area contributed by atoms with E-state index in [2.05, 4.69) is 26.6 Å². The molecule has 0 unspecified atom stereocenters. The molecular formula is C40H48N6O9. The summed E-state index contributed by atoms with van der Waals surface area (Å²) in [4.78, 5) is 80.5. The lowest BCUT2D eigenvalue weighted by Gasteiger charge is -2.27. The van der Waals surface area contributed by atoms with Gasteiger partial charge in [-0.1, -0.05) is 30.3 Å². The topological polar surface area (TPSA) is 193 Å². The summed E-state index contributed by atoms with van der Waals surface area (Å²) in [6.07, 6.45) is 2.09. The van der Waals surface area contributed by atoms with Gasteiger partial charge in [0.2, 0.25) is 29.5 Å². The summed E-state index contributed by atoms with van der Waals surface area (Å²) in [7, 11) is 2.98. The molecule has 1 saturated heterocycles. The third kappa shape index (κ3) is 11.2. The Morgan fingerprint density at radius 3 is 2.35 bits per heavy atom. The molecule has 0 aliphatic carbocycles. The first-order valence-electron chi connectivity index (χ1n) is 18.3. The zero-order valence-corrected chi connectivity index (χ0v) is 31.3. The number of carbonyl (C=O) groups is 6. The highest BCUT2D eigenvalue weighted by Crippen LogP contribution is 2.35. The highest BCUT2D eigenvalue weighted by molar-refractivity contribution is 5.96. The normalized spacial score (nSPS) is 20.4. The molecular weight excluding hydrogens is 708 g/mol. The Labute approximate surface area is 319 Å². The van der Waals surface area contributed by atoms with Crippen molar-refractivity contribution in [2.24, 2.45) is 0 Å². The van der Waals surface area contributed by atoms with Gasteiger partial charge in [0, 0.05) is 43.2 Å². The third-order valence-corrected chi connectivity index (χ3v) is 9.41. The van der Waals surface area contributed by atoms with Gasteiger partial charge >= 0.3 is 0 Å². The molecule has 0 spiro atoms. The molecule has 4 bridgehead atoms. The molecule has 6 amide bonds. The maximum absolute atomic E-state index is 13.7. The molecule has 3 aliphatic rings. The molecule has 3 aromatic carbocycles. The molecule has 3 aliphatic heterocycles. The van der Waals surface area contributed by atoms with Crippen molar-refractivity contribution in [1.82, 2.24) is 31.5 Å². The van der Waals surface area contributed by atoms with Crippen molar-refractivity contribution in [3.8, 4) is 23.0 Å². The number of hydrogen-bond acceptors (Lipinski definition) is 9. The Morgan fingerprint density at radius 1 is 0.836 bits per heavy atom. The summed E-state index contributed by atoms with van der Waals surface area (Å²) in [6, 6.07) is 16.6. The van der Waals surface area contributed by atoms with Crippen LogP contribution in [-0.4, -0.2) is 92.3 Å². The van der Waals surface area contributed by atoms with Gasteiger partial charge in [-0.15, -0.1) is 0 Å². The van der Waals surface area contributed by atoms with Crippen LogP contribution in [0.5, 0.6) is 23.0 Å². The van der Waals surface area contributed by atoms with Gasteiger partial charge in [-0.25, -0.2) is 0 Å². The van der Waals surface area contributed by atoms with Gasteiger partial charge in [0.25, 0.3) is 5.91 Å². The van der Waals surface area contributed by atoms with E-state index >= 15 is 0 Å². The first-order valence-corrected chi connectivity index (χ1v) is 18.3. The summed E-state index contributed by atoms with van der Waals surface area (Å²) in [6.45, 7) is 1.69. The van der Waals surface area contributed by atoms with Crippen LogP contribution in [0.3, 0.4) is 0 Å². The van der Waals surface area contributed by atoms with E-state index in [0.717, 1.165) is 5.56 Å². The standard InChI is InChI=1S/C40H48N6O9/c1-25-37(49)42-23-28-12-14-29(22-33(28)54-3)55-34-21-27(13-17-32(34)53-2)38(50)41-19-7-8-20-46(40(52)31-16-18-35(47)45-31)24-36(48)44-30(39(51)43-25)15-11-26-9-5-4-6-10-26/h4-6,9-10,12-14,17,21-22,25,30-31H,7-8,11,15-16,18-20,23-24H2,1-3H3,(H,41,50)(H,42,49)(H,43,51)(H,44,48)(H,45,47)/t25-,30-,31-/m0/s1. The van der Waals surface area contributed by atoms with E-state index in [1.165, 1.54) is 19.1 Å². The molecule has 3 atom stereocenters. The largest absolute Gasteiger partial charge is 0.496 e. The third-order valence-electron chi connectivity index (χ3n) is 9.41. The molecule has 1 fully saturated rings. The molecule has 3 aromatic rings. The summed E-state index contributed by atoms with van der Waals surface area (Å²) >= 11 is 0. The van der Waals surface area contributed by atoms with Gasteiger partial charge in [-0.2, -0.15) is 0 Å². The lowest BCUT2D eigenvalue weighted by atomic mass is 10.0. The number of carbonyl (C=O) groups excluding carboxylic acids is 6. The number of hydrogen-bond donors (Lipinski definition) is 5. The second kappa shape index (κ2) is 19.3. The Morgan fingerprint density at radius 2 is 1.62 bits per heavy atom. The van der Waals surface area contributed by atoms with Gasteiger partial charge in [0.1, 0.15) is 29.6 Å². The predicted octanol–water partition coefficient (Wildman–Crippen LogP) is 2.37. The van der Waals surface area contributed by atoms with E-state index in [1.54, 1.807) is 43.3 Å². The number of aryl methyl sites for hydroxylation is 1. The minimum Gasteiger partial charge on any atom is -0.496 e. The molecule has 55 heavy (non-hydrogen) atoms. The van der Waals surface area contributed by atoms with Crippen molar-refractivity contribution in [1.29, 1.82) is 0 Å². The van der Waals surface area contributed by atoms with Crippen LogP contribution in [0.4, 0.5) is 0 Å². The molecule has 0 aromatic heterocycles. The first-order chi connectivity index (χ1) is 26.5. The fourth-order valence-electron chi connectivity index (χ4n) is 6.33. The average Bonchev–Trinajstić information content (AvgIpc) is 3.63. The number of rotatable bonds is 6. The van der Waals surface area contributed by atoms with Crippen LogP contribution >= 0.6 is 0 Å². The van der Waals surface area contributed by atoms with Gasteiger partial charge in [0.05, 0.1) is 20.8 Å². The van der Waals surface area contributed by atoms with Gasteiger partial charge in [-0.3, -0.25) is 28.8 Å². The molecule has 5 N–H and O–H groups in total. The molecule has 0 radical (unpaired) electrons. The Balaban J connectivity index is 1.39. The van der Waals surface area contributed by atoms with Crippen molar-refractivity contribution < 1.29 is 43.0 Å². The number of ether oxygens (including phenoxy) is 3. The predicted molar refractivity (Wildman–Crippen MR) is 202 cm³/mol. The summed E-state index contributed by atoms with van der Waals surface area (Å²) in [5, 5.41) is 13.9. The number of nitrogens with one attached hydrogen (secondary N) is 5. The van der Waals surface area contributed by atoms with Crippen molar-refractivity contribution in [3.63, 3.8) is 0 Å². The molecule has 6 rings (SSSR count). The van der Waals surface area contributed by atoms with E-state index in [1.807, 2.05) is 30.3 Å². The fraction of sp³-hybridized carbons (Fsp3) is 0.400. The van der Waals surface area contributed by atoms with Gasteiger partial charge in [-0.05, 0) is 74.9 Å². The number of methoxy groups -OCH3 is 2. The number of nitrogens with zero attached hydrogens (tertiary/aromatic N) is 1. The van der Waals surface area contributed by atoms with Crippen molar-refractivity contribution in [2.45, 2.75) is 70.1 Å². The molecule has 15 nitrogen and oxygen atoms in total. The number of benzene rings is 3. The van der Waals surface area contributed by atoms with Crippen molar-refractivity contribution in [2.75, 3.05) is 33.9 Å². The van der Waals surface area contributed by atoms with Crippen LogP contribution in [-0.2, 0) is 36.9 Å². The van der Waals surface area contributed by atoms with Crippen LogP contribution in [0.2, 0.25) is 0 Å². The first kappa shape index (κ1) is 40.1. The Hall–Kier alpha value is -6.12. The second-order valence-corrected chi connectivity index (χ2v) is 13.4. The van der Waals surface area contributed by atoms with Gasteiger partial charge < -0.3 is 45.7 Å². The van der Waals surface area contributed by atoms with E-state index in [9.17, 15) is 28.8 Å². The quantitative estimate of drug-likeness (QED) is 0.235. The van der Waals surface area contributed by atoms with E-state index in [4.69, 9.17) is 14.2 Å². The molecule has 292 valence electrons. The van der Waals surface area contributed by atoms with E-state index < -0.39 is 41.8 Å². The van der Waals surface area contributed by atoms with Crippen LogP contribution in [0.15, 0.2) is 66.7 Å². The highest BCUT2D eigenvalue weighted by atomic mass is 16.5. The maximum atomic E-state index is 13.7. The lowest BCUT2D eigenvalue weighted by molar-refractivity contribution is -0.139. The monoisotopic (exact) mass is 756 g/mol. The highest BCUT2D eigenvalue weighted by Gasteiger charge is 2.32. The summed E-state index contributed by atoms with van der Waals surface area (Å²) < 4.78 is 17.2. The van der Waals surface area contributed by atoms with Crippen molar-refractivity contribution in [3.05, 3.63) is 83.4 Å². The zero-order valence-electron chi connectivity index (χ0n) is 31.3. The van der Waals surface area contributed by atoms with Gasteiger partial charge in [0.15, 0.2) is 11.5 Å². The Bertz CT molecular complexity index is 1870. The summed E-state index contributed by atoms with van der Waals surface area (Å²) in [5.74, 6) is -1.09. The molecule has 15 heteroatoms. The number of fused-ring (bicyclic) bond motifs is 18. The SMILES string of the molecule is COc1cc2ccc1CNC(=O)[C@H](C)NC(=O)[C@H](CCc1ccccc1)NC(=O)CN(C(=O)[C@@H]1CCC(=O)N1)CCCCNC(=O)c1ccc(OC)c(c1)O2. The molecule has 3 heterocycles. The lowest BCUT2D eigenvalue weighted by Crippen LogP contribution is -2.55. The maximum Gasteiger partial charge on any atom is 0.251 e.